The quantitative estimate of drug-likeness (QED) is 0.306. The standard InChI is InChI=1S/C21H31F3N4O6/c1-11(2)8-14(27-18(32)19(33)28-20(3)5-6-20)17(31)26-13(9-12-4-7-25-16(12)30)15(29)10-34-21(22,23)24/h11-14H,4-10H2,1-3H3,(H,25,30)(H,26,31)(H,27,32)(H,28,33)/t12-,13-,14-/m0/s1. The lowest BCUT2D eigenvalue weighted by Gasteiger charge is -2.25. The number of rotatable bonds is 11. The minimum absolute atomic E-state index is 0.103. The number of halogens is 3. The number of ketones is 1. The molecule has 0 spiro atoms. The maximum Gasteiger partial charge on any atom is 0.522 e. The minimum atomic E-state index is -5.05. The van der Waals surface area contributed by atoms with Gasteiger partial charge in [-0.3, -0.25) is 28.7 Å². The molecule has 1 saturated heterocycles. The van der Waals surface area contributed by atoms with Gasteiger partial charge in [0.25, 0.3) is 0 Å². The van der Waals surface area contributed by atoms with Gasteiger partial charge in [0.05, 0.1) is 6.04 Å². The third kappa shape index (κ3) is 8.92. The van der Waals surface area contributed by atoms with Crippen molar-refractivity contribution < 1.29 is 41.9 Å². The molecule has 13 heteroatoms. The Morgan fingerprint density at radius 3 is 2.26 bits per heavy atom. The SMILES string of the molecule is CC(C)C[C@H](NC(=O)C(=O)NC1(C)CC1)C(=O)N[C@@H](C[C@@H]1CCNC1=O)C(=O)COC(F)(F)F. The van der Waals surface area contributed by atoms with Crippen LogP contribution in [0.1, 0.15) is 52.9 Å². The van der Waals surface area contributed by atoms with E-state index in [1.807, 2.05) is 0 Å². The summed E-state index contributed by atoms with van der Waals surface area (Å²) in [4.78, 5) is 61.7. The van der Waals surface area contributed by atoms with Crippen LogP contribution in [0, 0.1) is 11.8 Å². The second-order valence-electron chi connectivity index (χ2n) is 9.44. The van der Waals surface area contributed by atoms with Crippen molar-refractivity contribution in [1.29, 1.82) is 0 Å². The van der Waals surface area contributed by atoms with Crippen LogP contribution in [0.2, 0.25) is 0 Å². The zero-order chi connectivity index (χ0) is 25.7. The fourth-order valence-corrected chi connectivity index (χ4v) is 3.52. The van der Waals surface area contributed by atoms with Crippen LogP contribution in [-0.4, -0.2) is 66.5 Å². The second-order valence-corrected chi connectivity index (χ2v) is 9.44. The van der Waals surface area contributed by atoms with Gasteiger partial charge in [-0.1, -0.05) is 13.8 Å². The second kappa shape index (κ2) is 11.2. The normalized spacial score (nSPS) is 20.8. The predicted octanol–water partition coefficient (Wildman–Crippen LogP) is 0.303. The highest BCUT2D eigenvalue weighted by molar-refractivity contribution is 6.35. The Morgan fingerprint density at radius 2 is 1.76 bits per heavy atom. The van der Waals surface area contributed by atoms with Gasteiger partial charge in [-0.25, -0.2) is 0 Å². The molecule has 2 aliphatic rings. The van der Waals surface area contributed by atoms with E-state index in [-0.39, 0.29) is 24.7 Å². The first kappa shape index (κ1) is 27.5. The van der Waals surface area contributed by atoms with E-state index in [1.54, 1.807) is 20.8 Å². The van der Waals surface area contributed by atoms with Crippen molar-refractivity contribution in [1.82, 2.24) is 21.3 Å². The number of nitrogens with one attached hydrogen (secondary N) is 4. The first-order valence-corrected chi connectivity index (χ1v) is 11.1. The molecule has 2 rings (SSSR count). The van der Waals surface area contributed by atoms with Crippen molar-refractivity contribution in [3.63, 3.8) is 0 Å². The predicted molar refractivity (Wildman–Crippen MR) is 112 cm³/mol. The molecule has 0 radical (unpaired) electrons. The number of carbonyl (C=O) groups excluding carboxylic acids is 5. The van der Waals surface area contributed by atoms with Crippen molar-refractivity contribution in [3.8, 4) is 0 Å². The molecule has 2 fully saturated rings. The van der Waals surface area contributed by atoms with E-state index in [2.05, 4.69) is 26.0 Å². The maximum absolute atomic E-state index is 12.9. The van der Waals surface area contributed by atoms with Crippen LogP contribution in [0.25, 0.3) is 0 Å². The molecule has 1 heterocycles. The average molecular weight is 492 g/mol. The lowest BCUT2D eigenvalue weighted by Crippen LogP contribution is -2.56. The molecule has 1 saturated carbocycles. The van der Waals surface area contributed by atoms with Gasteiger partial charge in [0, 0.05) is 18.0 Å². The zero-order valence-corrected chi connectivity index (χ0v) is 19.3. The number of alkyl halides is 3. The summed E-state index contributed by atoms with van der Waals surface area (Å²) >= 11 is 0. The Kier molecular flexibility index (Phi) is 9.03. The summed E-state index contributed by atoms with van der Waals surface area (Å²) in [6.07, 6.45) is -3.37. The fraction of sp³-hybridized carbons (Fsp3) is 0.762. The van der Waals surface area contributed by atoms with Crippen molar-refractivity contribution in [2.45, 2.75) is 76.9 Å². The van der Waals surface area contributed by atoms with Crippen LogP contribution in [-0.2, 0) is 28.7 Å². The molecule has 0 unspecified atom stereocenters. The summed E-state index contributed by atoms with van der Waals surface area (Å²) < 4.78 is 40.8. The van der Waals surface area contributed by atoms with Gasteiger partial charge in [-0.2, -0.15) is 0 Å². The summed E-state index contributed by atoms with van der Waals surface area (Å²) in [7, 11) is 0. The highest BCUT2D eigenvalue weighted by Gasteiger charge is 2.41. The molecule has 3 atom stereocenters. The highest BCUT2D eigenvalue weighted by Crippen LogP contribution is 2.34. The molecule has 192 valence electrons. The number of ether oxygens (including phenoxy) is 1. The molecule has 34 heavy (non-hydrogen) atoms. The van der Waals surface area contributed by atoms with E-state index in [4.69, 9.17) is 0 Å². The monoisotopic (exact) mass is 492 g/mol. The molecule has 4 amide bonds. The largest absolute Gasteiger partial charge is 0.522 e. The molecule has 0 aromatic heterocycles. The molecule has 1 aliphatic carbocycles. The lowest BCUT2D eigenvalue weighted by molar-refractivity contribution is -0.321. The number of hydrogen-bond acceptors (Lipinski definition) is 6. The van der Waals surface area contributed by atoms with Gasteiger partial charge in [-0.15, -0.1) is 13.2 Å². The molecule has 1 aliphatic heterocycles. The number of carbonyl (C=O) groups is 5. The summed E-state index contributed by atoms with van der Waals surface area (Å²) in [6, 6.07) is -2.67. The Labute approximate surface area is 195 Å². The van der Waals surface area contributed by atoms with E-state index in [0.717, 1.165) is 12.8 Å². The Morgan fingerprint density at radius 1 is 1.12 bits per heavy atom. The third-order valence-corrected chi connectivity index (χ3v) is 5.72. The average Bonchev–Trinajstić information content (AvgIpc) is 3.30. The van der Waals surface area contributed by atoms with Crippen LogP contribution in [0.5, 0.6) is 0 Å². The Balaban J connectivity index is 2.09. The van der Waals surface area contributed by atoms with Gasteiger partial charge in [0.2, 0.25) is 11.8 Å². The van der Waals surface area contributed by atoms with Crippen molar-refractivity contribution in [2.75, 3.05) is 13.2 Å². The Hall–Kier alpha value is -2.70. The number of amides is 4. The molecular formula is C21H31F3N4O6. The van der Waals surface area contributed by atoms with Gasteiger partial charge in [0.15, 0.2) is 5.78 Å². The molecule has 4 N–H and O–H groups in total. The van der Waals surface area contributed by atoms with Crippen molar-refractivity contribution in [2.24, 2.45) is 11.8 Å². The first-order valence-electron chi connectivity index (χ1n) is 11.1. The summed E-state index contributed by atoms with van der Waals surface area (Å²) in [5.41, 5.74) is -0.456. The number of hydrogen-bond donors (Lipinski definition) is 4. The van der Waals surface area contributed by atoms with Crippen LogP contribution in [0.3, 0.4) is 0 Å². The lowest BCUT2D eigenvalue weighted by atomic mass is 9.95. The number of Topliss-reactive ketones (excluding diaryl/α,β-unsaturated/α-hetero) is 1. The highest BCUT2D eigenvalue weighted by atomic mass is 19.4. The van der Waals surface area contributed by atoms with Crippen molar-refractivity contribution in [3.05, 3.63) is 0 Å². The van der Waals surface area contributed by atoms with Gasteiger partial charge in [0.1, 0.15) is 12.6 Å². The smallest absolute Gasteiger partial charge is 0.356 e. The summed E-state index contributed by atoms with van der Waals surface area (Å²) in [6.45, 7) is 4.30. The van der Waals surface area contributed by atoms with E-state index in [9.17, 15) is 37.1 Å². The minimum Gasteiger partial charge on any atom is -0.356 e. The third-order valence-electron chi connectivity index (χ3n) is 5.72. The van der Waals surface area contributed by atoms with Gasteiger partial charge in [-0.05, 0) is 44.9 Å². The van der Waals surface area contributed by atoms with E-state index < -0.39 is 60.0 Å². The van der Waals surface area contributed by atoms with Crippen LogP contribution >= 0.6 is 0 Å². The van der Waals surface area contributed by atoms with E-state index in [1.165, 1.54) is 0 Å². The topological polar surface area (TPSA) is 143 Å². The molecular weight excluding hydrogens is 461 g/mol. The van der Waals surface area contributed by atoms with Crippen LogP contribution in [0.15, 0.2) is 0 Å². The van der Waals surface area contributed by atoms with E-state index in [0.29, 0.717) is 13.0 Å². The van der Waals surface area contributed by atoms with E-state index >= 15 is 0 Å². The molecule has 0 aromatic rings. The molecule has 0 aromatic carbocycles. The summed E-state index contributed by atoms with van der Waals surface area (Å²) in [5, 5.41) is 9.81. The first-order chi connectivity index (χ1) is 15.7. The molecule has 0 bridgehead atoms. The van der Waals surface area contributed by atoms with Crippen molar-refractivity contribution >= 4 is 29.4 Å². The molecule has 10 nitrogen and oxygen atoms in total. The maximum atomic E-state index is 12.9. The Bertz CT molecular complexity index is 813. The summed E-state index contributed by atoms with van der Waals surface area (Å²) in [5.74, 6) is -5.02. The van der Waals surface area contributed by atoms with Crippen LogP contribution < -0.4 is 21.3 Å². The fourth-order valence-electron chi connectivity index (χ4n) is 3.52. The zero-order valence-electron chi connectivity index (χ0n) is 19.3. The van der Waals surface area contributed by atoms with Crippen LogP contribution in [0.4, 0.5) is 13.2 Å². The van der Waals surface area contributed by atoms with Gasteiger partial charge < -0.3 is 21.3 Å². The van der Waals surface area contributed by atoms with Gasteiger partial charge >= 0.3 is 18.2 Å².